The van der Waals surface area contributed by atoms with E-state index in [1.807, 2.05) is 0 Å². The van der Waals surface area contributed by atoms with Gasteiger partial charge in [-0.25, -0.2) is 0 Å². The smallest absolute Gasteiger partial charge is 0.0755 e. The highest BCUT2D eigenvalue weighted by atomic mass is 15.2. The first kappa shape index (κ1) is 35.0. The molecular weight excluding hydrogens is 737 g/mol. The maximum Gasteiger partial charge on any atom is 0.0755 e. The summed E-state index contributed by atoms with van der Waals surface area (Å²) < 4.78 is 0. The predicted octanol–water partition coefficient (Wildman–Crippen LogP) is 15.8. The third kappa shape index (κ3) is 5.29. The summed E-state index contributed by atoms with van der Waals surface area (Å²) in [5.74, 6) is 0. The first-order valence-corrected chi connectivity index (χ1v) is 21.1. The molecule has 61 heavy (non-hydrogen) atoms. The van der Waals surface area contributed by atoms with E-state index >= 15 is 0 Å². The molecule has 0 saturated carbocycles. The van der Waals surface area contributed by atoms with Crippen molar-refractivity contribution in [3.8, 4) is 33.4 Å². The molecule has 10 aromatic carbocycles. The van der Waals surface area contributed by atoms with Crippen molar-refractivity contribution in [2.24, 2.45) is 0 Å². The molecule has 2 heteroatoms. The van der Waals surface area contributed by atoms with E-state index in [4.69, 9.17) is 0 Å². The van der Waals surface area contributed by atoms with Crippen LogP contribution in [0.5, 0.6) is 0 Å². The highest BCUT2D eigenvalue weighted by Crippen LogP contribution is 2.64. The lowest BCUT2D eigenvalue weighted by Crippen LogP contribution is -2.36. The zero-order chi connectivity index (χ0) is 40.3. The van der Waals surface area contributed by atoms with E-state index in [1.165, 1.54) is 77.8 Å². The van der Waals surface area contributed by atoms with E-state index in [9.17, 15) is 0 Å². The van der Waals surface area contributed by atoms with E-state index in [0.29, 0.717) is 0 Å². The zero-order valence-corrected chi connectivity index (χ0v) is 33.5. The van der Waals surface area contributed by atoms with Crippen LogP contribution in [0, 0.1) is 0 Å². The SMILES string of the molecule is c1ccc(N(c2ccc3c(c2)C2(c4ccccc4-3)c3ccccc3N(c3ccccc3)c3ccccc32)c2ccccc2-c2ccccc2-c2cccc3ccccc23)cc1. The summed E-state index contributed by atoms with van der Waals surface area (Å²) in [6.07, 6.45) is 0. The molecule has 1 aliphatic carbocycles. The lowest BCUT2D eigenvalue weighted by molar-refractivity contribution is 0.752. The lowest BCUT2D eigenvalue weighted by Gasteiger charge is -2.45. The summed E-state index contributed by atoms with van der Waals surface area (Å²) in [5.41, 5.74) is 18.8. The fourth-order valence-corrected chi connectivity index (χ4v) is 10.4. The number of anilines is 6. The van der Waals surface area contributed by atoms with Gasteiger partial charge in [0.25, 0.3) is 0 Å². The number of hydrogen-bond donors (Lipinski definition) is 0. The van der Waals surface area contributed by atoms with Gasteiger partial charge in [0.05, 0.1) is 22.5 Å². The van der Waals surface area contributed by atoms with Crippen LogP contribution in [0.1, 0.15) is 22.3 Å². The number of rotatable bonds is 6. The van der Waals surface area contributed by atoms with Crippen molar-refractivity contribution < 1.29 is 0 Å². The second kappa shape index (κ2) is 14.1. The molecule has 1 aliphatic heterocycles. The molecule has 0 aromatic heterocycles. The Morgan fingerprint density at radius 2 is 0.820 bits per heavy atom. The summed E-state index contributed by atoms with van der Waals surface area (Å²) in [4.78, 5) is 4.91. The normalized spacial score (nSPS) is 13.0. The molecule has 0 saturated heterocycles. The Labute approximate surface area is 356 Å². The van der Waals surface area contributed by atoms with Crippen molar-refractivity contribution >= 4 is 44.9 Å². The van der Waals surface area contributed by atoms with Crippen LogP contribution in [-0.2, 0) is 5.41 Å². The van der Waals surface area contributed by atoms with Crippen LogP contribution >= 0.6 is 0 Å². The first-order valence-electron chi connectivity index (χ1n) is 21.1. The molecule has 286 valence electrons. The van der Waals surface area contributed by atoms with Crippen molar-refractivity contribution in [1.29, 1.82) is 0 Å². The predicted molar refractivity (Wildman–Crippen MR) is 255 cm³/mol. The fraction of sp³-hybridized carbons (Fsp3) is 0.0169. The summed E-state index contributed by atoms with van der Waals surface area (Å²) >= 11 is 0. The second-order valence-corrected chi connectivity index (χ2v) is 16.0. The van der Waals surface area contributed by atoms with Gasteiger partial charge in [0.15, 0.2) is 0 Å². The lowest BCUT2D eigenvalue weighted by atomic mass is 9.64. The Hall–Kier alpha value is -7.94. The molecule has 1 spiro atoms. The molecule has 2 aliphatic rings. The van der Waals surface area contributed by atoms with Crippen LogP contribution in [0.3, 0.4) is 0 Å². The van der Waals surface area contributed by atoms with Gasteiger partial charge in [-0.3, -0.25) is 0 Å². The molecule has 1 heterocycles. The highest BCUT2D eigenvalue weighted by Gasteiger charge is 2.51. The molecule has 0 N–H and O–H groups in total. The Morgan fingerprint density at radius 3 is 1.56 bits per heavy atom. The van der Waals surface area contributed by atoms with Crippen molar-refractivity contribution in [3.05, 3.63) is 265 Å². The molecule has 0 fully saturated rings. The average molecular weight is 777 g/mol. The van der Waals surface area contributed by atoms with Crippen molar-refractivity contribution in [2.45, 2.75) is 5.41 Å². The average Bonchev–Trinajstić information content (AvgIpc) is 3.62. The van der Waals surface area contributed by atoms with E-state index < -0.39 is 5.41 Å². The monoisotopic (exact) mass is 776 g/mol. The number of benzene rings is 10. The molecule has 12 rings (SSSR count). The van der Waals surface area contributed by atoms with Crippen molar-refractivity contribution in [1.82, 2.24) is 0 Å². The van der Waals surface area contributed by atoms with Gasteiger partial charge in [0.1, 0.15) is 0 Å². The van der Waals surface area contributed by atoms with Gasteiger partial charge >= 0.3 is 0 Å². The minimum atomic E-state index is -0.566. The summed E-state index contributed by atoms with van der Waals surface area (Å²) in [7, 11) is 0. The molecule has 0 radical (unpaired) electrons. The van der Waals surface area contributed by atoms with Gasteiger partial charge in [-0.05, 0) is 115 Å². The van der Waals surface area contributed by atoms with Crippen LogP contribution in [0.2, 0.25) is 0 Å². The zero-order valence-electron chi connectivity index (χ0n) is 33.5. The van der Waals surface area contributed by atoms with Gasteiger partial charge < -0.3 is 9.80 Å². The van der Waals surface area contributed by atoms with Crippen molar-refractivity contribution in [3.63, 3.8) is 0 Å². The quantitative estimate of drug-likeness (QED) is 0.166. The van der Waals surface area contributed by atoms with Gasteiger partial charge in [0, 0.05) is 22.6 Å². The minimum absolute atomic E-state index is 0.566. The molecular formula is C59H40N2. The summed E-state index contributed by atoms with van der Waals surface area (Å²) in [6.45, 7) is 0. The number of para-hydroxylation sites is 5. The minimum Gasteiger partial charge on any atom is -0.310 e. The van der Waals surface area contributed by atoms with Crippen LogP contribution in [0.15, 0.2) is 243 Å². The Balaban J connectivity index is 1.11. The van der Waals surface area contributed by atoms with Crippen LogP contribution in [-0.4, -0.2) is 0 Å². The molecule has 0 bridgehead atoms. The number of hydrogen-bond acceptors (Lipinski definition) is 2. The van der Waals surface area contributed by atoms with Crippen molar-refractivity contribution in [2.75, 3.05) is 9.80 Å². The summed E-state index contributed by atoms with van der Waals surface area (Å²) in [6, 6.07) is 89.1. The Bertz CT molecular complexity index is 3220. The van der Waals surface area contributed by atoms with Gasteiger partial charge in [-0.1, -0.05) is 188 Å². The summed E-state index contributed by atoms with van der Waals surface area (Å²) in [5, 5.41) is 2.48. The molecule has 0 atom stereocenters. The fourth-order valence-electron chi connectivity index (χ4n) is 10.4. The molecule has 0 unspecified atom stereocenters. The Morgan fingerprint density at radius 1 is 0.311 bits per heavy atom. The standard InChI is InChI=1S/C59H40N2/c1-3-22-42(23-4-1)60(56-35-16-12-30-51(56)48-28-10-9-27-47(48)46-31-19-21-41-20-7-8-26-45(41)46)44-38-39-50-49-29-11-13-32-52(49)59(55(50)40-44)53-33-14-17-36-57(53)61(43-24-5-2-6-25-43)58-37-18-15-34-54(58)59/h1-40H. The van der Waals surface area contributed by atoms with Gasteiger partial charge in [0.2, 0.25) is 0 Å². The molecule has 10 aromatic rings. The second-order valence-electron chi connectivity index (χ2n) is 16.0. The first-order chi connectivity index (χ1) is 30.3. The maximum absolute atomic E-state index is 2.49. The highest BCUT2D eigenvalue weighted by molar-refractivity contribution is 6.03. The van der Waals surface area contributed by atoms with E-state index in [0.717, 1.165) is 22.7 Å². The third-order valence-electron chi connectivity index (χ3n) is 12.9. The third-order valence-corrected chi connectivity index (χ3v) is 12.9. The maximum atomic E-state index is 2.49. The van der Waals surface area contributed by atoms with Crippen LogP contribution in [0.25, 0.3) is 44.2 Å². The Kier molecular flexibility index (Phi) is 8.11. The van der Waals surface area contributed by atoms with E-state index in [2.05, 4.69) is 252 Å². The molecule has 0 amide bonds. The largest absolute Gasteiger partial charge is 0.310 e. The van der Waals surface area contributed by atoms with Gasteiger partial charge in [-0.2, -0.15) is 0 Å². The topological polar surface area (TPSA) is 6.48 Å². The number of nitrogens with zero attached hydrogens (tertiary/aromatic N) is 2. The van der Waals surface area contributed by atoms with Gasteiger partial charge in [-0.15, -0.1) is 0 Å². The number of fused-ring (bicyclic) bond motifs is 10. The van der Waals surface area contributed by atoms with E-state index in [1.54, 1.807) is 0 Å². The van der Waals surface area contributed by atoms with Crippen LogP contribution < -0.4 is 9.80 Å². The molecule has 2 nitrogen and oxygen atoms in total. The van der Waals surface area contributed by atoms with Crippen LogP contribution in [0.4, 0.5) is 34.1 Å². The van der Waals surface area contributed by atoms with E-state index in [-0.39, 0.29) is 0 Å².